The van der Waals surface area contributed by atoms with Gasteiger partial charge in [-0.25, -0.2) is 4.98 Å². The summed E-state index contributed by atoms with van der Waals surface area (Å²) in [5.74, 6) is -1.73. The van der Waals surface area contributed by atoms with Crippen LogP contribution in [0.25, 0.3) is 0 Å². The average molecular weight is 399 g/mol. The van der Waals surface area contributed by atoms with E-state index in [-0.39, 0.29) is 13.0 Å². The van der Waals surface area contributed by atoms with Crippen LogP contribution in [-0.2, 0) is 12.4 Å². The van der Waals surface area contributed by atoms with Gasteiger partial charge in [-0.3, -0.25) is 4.79 Å². The zero-order valence-electron chi connectivity index (χ0n) is 12.6. The van der Waals surface area contributed by atoms with Gasteiger partial charge in [-0.05, 0) is 13.0 Å². The number of aliphatic hydroxyl groups is 1. The SMILES string of the molecule is CC(O)(CNC(=O)c1nc(C(F)(F)F)c(C(F)(F)F)cc1N)C(F)(F)F. The summed E-state index contributed by atoms with van der Waals surface area (Å²) < 4.78 is 114. The molecule has 1 amide bonds. The Morgan fingerprint density at radius 3 is 2.00 bits per heavy atom. The number of hydrogen-bond donors (Lipinski definition) is 3. The Labute approximate surface area is 139 Å². The highest BCUT2D eigenvalue weighted by molar-refractivity contribution is 5.97. The molecule has 0 aliphatic heterocycles. The van der Waals surface area contributed by atoms with Crippen LogP contribution >= 0.6 is 0 Å². The van der Waals surface area contributed by atoms with Gasteiger partial charge in [-0.15, -0.1) is 0 Å². The van der Waals surface area contributed by atoms with E-state index in [0.717, 1.165) is 0 Å². The zero-order valence-corrected chi connectivity index (χ0v) is 12.6. The number of nitrogens with zero attached hydrogens (tertiary/aromatic N) is 1. The first kappa shape index (κ1) is 21.8. The number of nitrogens with one attached hydrogen (secondary N) is 1. The number of rotatable bonds is 3. The smallest absolute Gasteiger partial charge is 0.397 e. The van der Waals surface area contributed by atoms with Crippen molar-refractivity contribution in [2.75, 3.05) is 12.3 Å². The molecule has 5 nitrogen and oxygen atoms in total. The summed E-state index contributed by atoms with van der Waals surface area (Å²) >= 11 is 0. The molecule has 1 heterocycles. The van der Waals surface area contributed by atoms with Crippen molar-refractivity contribution in [3.05, 3.63) is 23.0 Å². The Balaban J connectivity index is 3.28. The maximum absolute atomic E-state index is 12.8. The molecule has 0 aliphatic rings. The molecule has 1 aromatic rings. The van der Waals surface area contributed by atoms with Gasteiger partial charge in [0.2, 0.25) is 0 Å². The summed E-state index contributed by atoms with van der Waals surface area (Å²) in [6.45, 7) is -1.24. The standard InChI is InChI=1S/C12H10F9N3O2/c1-9(26,12(19,20)21)3-23-8(25)6-5(22)2-4(10(13,14)15)7(24-6)11(16,17)18/h2,26H,3,22H2,1H3,(H,23,25). The summed E-state index contributed by atoms with van der Waals surface area (Å²) in [6, 6.07) is -0.202. The fourth-order valence-corrected chi connectivity index (χ4v) is 1.58. The number of nitrogens with two attached hydrogens (primary N) is 1. The summed E-state index contributed by atoms with van der Waals surface area (Å²) in [5, 5.41) is 10.6. The number of alkyl halides is 9. The maximum Gasteiger partial charge on any atom is 0.433 e. The average Bonchev–Trinajstić information content (AvgIpc) is 2.41. The molecule has 0 saturated carbocycles. The van der Waals surface area contributed by atoms with E-state index in [2.05, 4.69) is 4.98 Å². The van der Waals surface area contributed by atoms with E-state index in [4.69, 9.17) is 10.8 Å². The van der Waals surface area contributed by atoms with Gasteiger partial charge in [-0.2, -0.15) is 39.5 Å². The molecule has 0 aromatic carbocycles. The van der Waals surface area contributed by atoms with Crippen molar-refractivity contribution in [3.63, 3.8) is 0 Å². The van der Waals surface area contributed by atoms with Gasteiger partial charge in [0.1, 0.15) is 0 Å². The predicted molar refractivity (Wildman–Crippen MR) is 67.7 cm³/mol. The van der Waals surface area contributed by atoms with Gasteiger partial charge in [0.15, 0.2) is 17.0 Å². The normalized spacial score (nSPS) is 15.5. The Morgan fingerprint density at radius 1 is 1.12 bits per heavy atom. The maximum atomic E-state index is 12.8. The third kappa shape index (κ3) is 4.68. The number of nitrogen functional groups attached to an aromatic ring is 1. The summed E-state index contributed by atoms with van der Waals surface area (Å²) in [7, 11) is 0. The van der Waals surface area contributed by atoms with Crippen LogP contribution in [0, 0.1) is 0 Å². The lowest BCUT2D eigenvalue weighted by molar-refractivity contribution is -0.249. The molecule has 1 aromatic heterocycles. The molecule has 0 bridgehead atoms. The summed E-state index contributed by atoms with van der Waals surface area (Å²) in [6.07, 6.45) is -16.3. The van der Waals surface area contributed by atoms with E-state index in [1.54, 1.807) is 0 Å². The number of carbonyl (C=O) groups is 1. The lowest BCUT2D eigenvalue weighted by Gasteiger charge is -2.26. The van der Waals surface area contributed by atoms with Crippen LogP contribution in [0.15, 0.2) is 6.07 Å². The molecular formula is C12H10F9N3O2. The van der Waals surface area contributed by atoms with Crippen LogP contribution in [0.4, 0.5) is 45.2 Å². The number of carbonyl (C=O) groups excluding carboxylic acids is 1. The van der Waals surface area contributed by atoms with Crippen molar-refractivity contribution >= 4 is 11.6 Å². The summed E-state index contributed by atoms with van der Waals surface area (Å²) in [4.78, 5) is 14.2. The van der Waals surface area contributed by atoms with Gasteiger partial charge < -0.3 is 16.2 Å². The van der Waals surface area contributed by atoms with Crippen molar-refractivity contribution < 1.29 is 49.4 Å². The van der Waals surface area contributed by atoms with E-state index in [0.29, 0.717) is 0 Å². The molecule has 1 rings (SSSR count). The third-order valence-corrected chi connectivity index (χ3v) is 3.04. The quantitative estimate of drug-likeness (QED) is 0.683. The molecule has 14 heteroatoms. The van der Waals surface area contributed by atoms with Crippen LogP contribution in [0.1, 0.15) is 28.7 Å². The van der Waals surface area contributed by atoms with E-state index in [1.165, 1.54) is 5.32 Å². The van der Waals surface area contributed by atoms with Crippen LogP contribution in [0.3, 0.4) is 0 Å². The number of pyridine rings is 1. The topological polar surface area (TPSA) is 88.2 Å². The van der Waals surface area contributed by atoms with Crippen molar-refractivity contribution in [3.8, 4) is 0 Å². The lowest BCUT2D eigenvalue weighted by atomic mass is 10.1. The Kier molecular flexibility index (Phi) is 5.43. The first-order valence-electron chi connectivity index (χ1n) is 6.40. The lowest BCUT2D eigenvalue weighted by Crippen LogP contribution is -2.51. The number of aromatic nitrogens is 1. The van der Waals surface area contributed by atoms with Crippen LogP contribution in [-0.4, -0.2) is 34.3 Å². The molecular weight excluding hydrogens is 389 g/mol. The van der Waals surface area contributed by atoms with Gasteiger partial charge in [-0.1, -0.05) is 0 Å². The van der Waals surface area contributed by atoms with Crippen LogP contribution < -0.4 is 11.1 Å². The number of amides is 1. The van der Waals surface area contributed by atoms with Crippen molar-refractivity contribution in [2.24, 2.45) is 0 Å². The highest BCUT2D eigenvalue weighted by atomic mass is 19.4. The molecule has 26 heavy (non-hydrogen) atoms. The van der Waals surface area contributed by atoms with E-state index >= 15 is 0 Å². The predicted octanol–water partition coefficient (Wildman–Crippen LogP) is 2.74. The van der Waals surface area contributed by atoms with Gasteiger partial charge in [0.05, 0.1) is 17.8 Å². The Bertz CT molecular complexity index is 693. The highest BCUT2D eigenvalue weighted by Crippen LogP contribution is 2.40. The van der Waals surface area contributed by atoms with Gasteiger partial charge >= 0.3 is 18.5 Å². The Hall–Kier alpha value is -2.25. The first-order chi connectivity index (χ1) is 11.4. The molecule has 1 atom stereocenters. The minimum atomic E-state index is -5.62. The summed E-state index contributed by atoms with van der Waals surface area (Å²) in [5.41, 5.74) is -5.63. The Morgan fingerprint density at radius 2 is 1.62 bits per heavy atom. The fraction of sp³-hybridized carbons (Fsp3) is 0.500. The van der Waals surface area contributed by atoms with E-state index in [9.17, 15) is 44.3 Å². The van der Waals surface area contributed by atoms with Gasteiger partial charge in [0, 0.05) is 0 Å². The number of halogens is 9. The third-order valence-electron chi connectivity index (χ3n) is 3.04. The molecule has 1 unspecified atom stereocenters. The highest BCUT2D eigenvalue weighted by Gasteiger charge is 2.50. The molecule has 0 fully saturated rings. The minimum Gasteiger partial charge on any atom is -0.397 e. The van der Waals surface area contributed by atoms with E-state index in [1.807, 2.05) is 0 Å². The molecule has 0 aliphatic carbocycles. The van der Waals surface area contributed by atoms with Crippen molar-refractivity contribution in [2.45, 2.75) is 31.1 Å². The second kappa shape index (κ2) is 6.48. The van der Waals surface area contributed by atoms with Crippen molar-refractivity contribution in [1.29, 1.82) is 0 Å². The molecule has 4 N–H and O–H groups in total. The zero-order chi connectivity index (χ0) is 20.7. The molecule has 148 valence electrons. The second-order valence-corrected chi connectivity index (χ2v) is 5.27. The molecule has 0 spiro atoms. The second-order valence-electron chi connectivity index (χ2n) is 5.27. The molecule has 0 radical (unpaired) electrons. The van der Waals surface area contributed by atoms with E-state index < -0.39 is 59.2 Å². The van der Waals surface area contributed by atoms with Crippen LogP contribution in [0.2, 0.25) is 0 Å². The first-order valence-corrected chi connectivity index (χ1v) is 6.40. The number of anilines is 1. The van der Waals surface area contributed by atoms with Gasteiger partial charge in [0.25, 0.3) is 5.91 Å². The number of hydrogen-bond acceptors (Lipinski definition) is 4. The minimum absolute atomic E-state index is 0.202. The fourth-order valence-electron chi connectivity index (χ4n) is 1.58. The van der Waals surface area contributed by atoms with Crippen molar-refractivity contribution in [1.82, 2.24) is 10.3 Å². The largest absolute Gasteiger partial charge is 0.433 e. The van der Waals surface area contributed by atoms with Crippen LogP contribution in [0.5, 0.6) is 0 Å². The monoisotopic (exact) mass is 399 g/mol. The molecule has 0 saturated heterocycles.